The molecule has 0 atom stereocenters. The molecule has 3 rings (SSSR count). The van der Waals surface area contributed by atoms with Crippen molar-refractivity contribution in [3.05, 3.63) is 77.3 Å². The average Bonchev–Trinajstić information content (AvgIpc) is 2.73. The Kier molecular flexibility index (Phi) is 6.60. The van der Waals surface area contributed by atoms with Crippen LogP contribution in [0.2, 0.25) is 0 Å². The third-order valence-corrected chi connectivity index (χ3v) is 5.01. The number of rotatable bonds is 6. The van der Waals surface area contributed by atoms with Crippen molar-refractivity contribution in [2.75, 3.05) is 18.4 Å². The van der Waals surface area contributed by atoms with E-state index in [9.17, 15) is 0 Å². The van der Waals surface area contributed by atoms with Gasteiger partial charge < -0.3 is 16.0 Å². The topological polar surface area (TPSA) is 67.1 Å². The fourth-order valence-electron chi connectivity index (χ4n) is 3.19. The zero-order valence-electron chi connectivity index (χ0n) is 18.7. The lowest BCUT2D eigenvalue weighted by Crippen LogP contribution is -2.23. The number of aromatic nitrogens is 2. The van der Waals surface area contributed by atoms with Gasteiger partial charge in [0.05, 0.1) is 17.1 Å². The Labute approximate surface area is 180 Å². The molecule has 0 radical (unpaired) electrons. The van der Waals surface area contributed by atoms with E-state index >= 15 is 0 Å². The predicted octanol–water partition coefficient (Wildman–Crippen LogP) is 5.19. The maximum atomic E-state index is 6.72. The molecule has 2 aromatic rings. The number of anilines is 1. The third-order valence-electron chi connectivity index (χ3n) is 5.01. The van der Waals surface area contributed by atoms with Crippen LogP contribution in [-0.2, 0) is 0 Å². The van der Waals surface area contributed by atoms with Crippen molar-refractivity contribution in [1.29, 1.82) is 0 Å². The highest BCUT2D eigenvalue weighted by Crippen LogP contribution is 2.28. The highest BCUT2D eigenvalue weighted by atomic mass is 15.2. The standard InChI is InChI=1S/C25H33N5/c1-6-19-12-15-30(16-13-19)23(22(26)20-9-7-18(2)8-10-20)21-11-14-27-24(29-21)28-17-25(3,4)5/h7-15H,6,16-17,26H2,1-5H3,(H,27,28,29)/b23-22-. The molecule has 1 aromatic carbocycles. The van der Waals surface area contributed by atoms with Gasteiger partial charge in [-0.2, -0.15) is 0 Å². The SMILES string of the molecule is CCC1=CCN(/C(=C(\N)c2ccc(C)cc2)c2ccnc(NCC(C)(C)C)n2)C=C1. The summed E-state index contributed by atoms with van der Waals surface area (Å²) in [5.41, 5.74) is 12.8. The lowest BCUT2D eigenvalue weighted by Gasteiger charge is -2.27. The first-order valence-corrected chi connectivity index (χ1v) is 10.5. The van der Waals surface area contributed by atoms with Gasteiger partial charge in [0.15, 0.2) is 0 Å². The molecule has 0 amide bonds. The molecule has 30 heavy (non-hydrogen) atoms. The molecule has 0 aliphatic carbocycles. The van der Waals surface area contributed by atoms with E-state index in [1.165, 1.54) is 11.1 Å². The number of allylic oxidation sites excluding steroid dienone is 2. The van der Waals surface area contributed by atoms with Crippen LogP contribution in [0, 0.1) is 12.3 Å². The van der Waals surface area contributed by atoms with Gasteiger partial charge in [0, 0.05) is 25.5 Å². The van der Waals surface area contributed by atoms with Crippen molar-refractivity contribution in [2.24, 2.45) is 11.1 Å². The van der Waals surface area contributed by atoms with Gasteiger partial charge in [0.25, 0.3) is 0 Å². The Balaban J connectivity index is 2.02. The van der Waals surface area contributed by atoms with Gasteiger partial charge in [-0.1, -0.05) is 63.6 Å². The summed E-state index contributed by atoms with van der Waals surface area (Å²) in [6.07, 6.45) is 9.29. The smallest absolute Gasteiger partial charge is 0.223 e. The number of nitrogens with zero attached hydrogens (tertiary/aromatic N) is 3. The van der Waals surface area contributed by atoms with E-state index in [4.69, 9.17) is 10.7 Å². The zero-order valence-corrected chi connectivity index (χ0v) is 18.7. The Bertz CT molecular complexity index is 962. The minimum Gasteiger partial charge on any atom is -0.396 e. The van der Waals surface area contributed by atoms with Crippen molar-refractivity contribution < 1.29 is 0 Å². The van der Waals surface area contributed by atoms with Crippen molar-refractivity contribution in [1.82, 2.24) is 14.9 Å². The van der Waals surface area contributed by atoms with Crippen LogP contribution in [-0.4, -0.2) is 28.0 Å². The van der Waals surface area contributed by atoms with E-state index in [-0.39, 0.29) is 5.41 Å². The van der Waals surface area contributed by atoms with E-state index in [1.807, 2.05) is 6.07 Å². The molecule has 5 nitrogen and oxygen atoms in total. The molecule has 0 saturated carbocycles. The van der Waals surface area contributed by atoms with E-state index in [2.05, 4.69) is 92.4 Å². The predicted molar refractivity (Wildman–Crippen MR) is 126 cm³/mol. The van der Waals surface area contributed by atoms with Crippen LogP contribution in [0.4, 0.5) is 5.95 Å². The van der Waals surface area contributed by atoms with Crippen LogP contribution in [0.25, 0.3) is 11.4 Å². The van der Waals surface area contributed by atoms with Crippen molar-refractivity contribution >= 4 is 17.3 Å². The summed E-state index contributed by atoms with van der Waals surface area (Å²) in [5.74, 6) is 0.613. The highest BCUT2D eigenvalue weighted by molar-refractivity contribution is 5.88. The molecule has 0 fully saturated rings. The second kappa shape index (κ2) is 9.16. The molecule has 2 heterocycles. The number of hydrogen-bond acceptors (Lipinski definition) is 5. The van der Waals surface area contributed by atoms with Gasteiger partial charge in [-0.3, -0.25) is 0 Å². The number of benzene rings is 1. The van der Waals surface area contributed by atoms with Gasteiger partial charge in [0.2, 0.25) is 5.95 Å². The lowest BCUT2D eigenvalue weighted by molar-refractivity contribution is 0.441. The number of hydrogen-bond donors (Lipinski definition) is 2. The Morgan fingerprint density at radius 2 is 1.90 bits per heavy atom. The Hall–Kier alpha value is -3.08. The summed E-state index contributed by atoms with van der Waals surface area (Å²) in [4.78, 5) is 11.4. The van der Waals surface area contributed by atoms with Crippen molar-refractivity contribution in [2.45, 2.75) is 41.0 Å². The molecule has 3 N–H and O–H groups in total. The molecule has 0 bridgehead atoms. The summed E-state index contributed by atoms with van der Waals surface area (Å²) in [7, 11) is 0. The van der Waals surface area contributed by atoms with Crippen LogP contribution >= 0.6 is 0 Å². The van der Waals surface area contributed by atoms with Crippen LogP contribution in [0.1, 0.15) is 50.9 Å². The molecule has 0 spiro atoms. The summed E-state index contributed by atoms with van der Waals surface area (Å²) in [6.45, 7) is 12.3. The molecule has 158 valence electrons. The van der Waals surface area contributed by atoms with E-state index in [1.54, 1.807) is 6.20 Å². The van der Waals surface area contributed by atoms with Crippen molar-refractivity contribution in [3.8, 4) is 0 Å². The largest absolute Gasteiger partial charge is 0.396 e. The molecule has 1 aliphatic rings. The quantitative estimate of drug-likeness (QED) is 0.694. The second-order valence-electron chi connectivity index (χ2n) is 8.91. The summed E-state index contributed by atoms with van der Waals surface area (Å²) < 4.78 is 0. The van der Waals surface area contributed by atoms with Gasteiger partial charge >= 0.3 is 0 Å². The van der Waals surface area contributed by atoms with Crippen LogP contribution in [0.3, 0.4) is 0 Å². The minimum atomic E-state index is 0.135. The lowest BCUT2D eigenvalue weighted by atomic mass is 9.97. The Morgan fingerprint density at radius 1 is 1.17 bits per heavy atom. The van der Waals surface area contributed by atoms with E-state index < -0.39 is 0 Å². The normalized spacial score (nSPS) is 15.0. The second-order valence-corrected chi connectivity index (χ2v) is 8.91. The van der Waals surface area contributed by atoms with Crippen LogP contribution in [0.5, 0.6) is 0 Å². The molecular formula is C25H33N5. The number of nitrogens with two attached hydrogens (primary N) is 1. The van der Waals surface area contributed by atoms with Gasteiger partial charge in [0.1, 0.15) is 0 Å². The first kappa shape index (κ1) is 21.6. The van der Waals surface area contributed by atoms with Crippen molar-refractivity contribution in [3.63, 3.8) is 0 Å². The molecule has 5 heteroatoms. The van der Waals surface area contributed by atoms with Gasteiger partial charge in [-0.25, -0.2) is 9.97 Å². The van der Waals surface area contributed by atoms with Gasteiger partial charge in [-0.15, -0.1) is 0 Å². The van der Waals surface area contributed by atoms with E-state index in [0.29, 0.717) is 11.6 Å². The first-order valence-electron chi connectivity index (χ1n) is 10.5. The minimum absolute atomic E-state index is 0.135. The molecule has 0 unspecified atom stereocenters. The number of aryl methyl sites for hydroxylation is 1. The molecule has 1 aromatic heterocycles. The fourth-order valence-corrected chi connectivity index (χ4v) is 3.19. The fraction of sp³-hybridized carbons (Fsp3) is 0.360. The average molecular weight is 404 g/mol. The molecule has 1 aliphatic heterocycles. The Morgan fingerprint density at radius 3 is 2.50 bits per heavy atom. The molecule has 0 saturated heterocycles. The van der Waals surface area contributed by atoms with E-state index in [0.717, 1.165) is 36.5 Å². The van der Waals surface area contributed by atoms with Crippen LogP contribution in [0.15, 0.2) is 60.5 Å². The number of nitrogens with one attached hydrogen (secondary N) is 1. The summed E-state index contributed by atoms with van der Waals surface area (Å²) in [5, 5.41) is 3.35. The maximum Gasteiger partial charge on any atom is 0.223 e. The third kappa shape index (κ3) is 5.50. The monoisotopic (exact) mass is 403 g/mol. The van der Waals surface area contributed by atoms with Crippen LogP contribution < -0.4 is 11.1 Å². The summed E-state index contributed by atoms with van der Waals surface area (Å²) in [6, 6.07) is 10.2. The zero-order chi connectivity index (χ0) is 21.7. The summed E-state index contributed by atoms with van der Waals surface area (Å²) >= 11 is 0. The first-order chi connectivity index (χ1) is 14.3. The van der Waals surface area contributed by atoms with Gasteiger partial charge in [-0.05, 0) is 42.0 Å². The molecular weight excluding hydrogens is 370 g/mol. The highest BCUT2D eigenvalue weighted by Gasteiger charge is 2.19. The maximum absolute atomic E-state index is 6.72.